The second-order valence-corrected chi connectivity index (χ2v) is 5.81. The molecule has 0 aromatic carbocycles. The SMILES string of the molecule is CCCCC(CCC)NC(=O)C1(C#N)CC(C)C1. The largest absolute Gasteiger partial charge is 0.352 e. The zero-order valence-electron chi connectivity index (χ0n) is 12.0. The summed E-state index contributed by atoms with van der Waals surface area (Å²) in [6.07, 6.45) is 6.86. The number of nitrogens with one attached hydrogen (secondary N) is 1. The van der Waals surface area contributed by atoms with E-state index in [9.17, 15) is 10.1 Å². The lowest BCUT2D eigenvalue weighted by Gasteiger charge is -2.40. The Morgan fingerprint density at radius 2 is 2.06 bits per heavy atom. The molecule has 0 bridgehead atoms. The number of carbonyl (C=O) groups is 1. The summed E-state index contributed by atoms with van der Waals surface area (Å²) in [5, 5.41) is 12.3. The molecule has 18 heavy (non-hydrogen) atoms. The zero-order valence-corrected chi connectivity index (χ0v) is 12.0. The van der Waals surface area contributed by atoms with E-state index in [2.05, 4.69) is 32.2 Å². The molecule has 1 rings (SSSR count). The third-order valence-corrected chi connectivity index (χ3v) is 3.92. The molecule has 0 heterocycles. The fourth-order valence-corrected chi connectivity index (χ4v) is 2.87. The van der Waals surface area contributed by atoms with Gasteiger partial charge in [0, 0.05) is 6.04 Å². The summed E-state index contributed by atoms with van der Waals surface area (Å²) in [5.41, 5.74) is -0.725. The molecule has 3 heteroatoms. The summed E-state index contributed by atoms with van der Waals surface area (Å²) >= 11 is 0. The van der Waals surface area contributed by atoms with Crippen molar-refractivity contribution in [1.29, 1.82) is 5.26 Å². The Bertz CT molecular complexity index is 313. The van der Waals surface area contributed by atoms with Gasteiger partial charge in [0.2, 0.25) is 5.91 Å². The van der Waals surface area contributed by atoms with Gasteiger partial charge < -0.3 is 5.32 Å². The molecule has 0 aromatic rings. The summed E-state index contributed by atoms with van der Waals surface area (Å²) in [4.78, 5) is 12.2. The molecule has 0 aromatic heterocycles. The van der Waals surface area contributed by atoms with Crippen molar-refractivity contribution in [3.8, 4) is 6.07 Å². The van der Waals surface area contributed by atoms with Crippen LogP contribution in [0.1, 0.15) is 65.7 Å². The van der Waals surface area contributed by atoms with E-state index in [-0.39, 0.29) is 11.9 Å². The van der Waals surface area contributed by atoms with Crippen molar-refractivity contribution in [2.75, 3.05) is 0 Å². The highest BCUT2D eigenvalue weighted by Crippen LogP contribution is 2.45. The van der Waals surface area contributed by atoms with Gasteiger partial charge in [0.25, 0.3) is 0 Å². The molecule has 0 saturated heterocycles. The van der Waals surface area contributed by atoms with Crippen molar-refractivity contribution in [2.45, 2.75) is 71.8 Å². The molecule has 1 aliphatic rings. The second kappa shape index (κ2) is 6.78. The van der Waals surface area contributed by atoms with Crippen LogP contribution in [-0.4, -0.2) is 11.9 Å². The van der Waals surface area contributed by atoms with Crippen LogP contribution in [-0.2, 0) is 4.79 Å². The second-order valence-electron chi connectivity index (χ2n) is 5.81. The number of rotatable bonds is 7. The van der Waals surface area contributed by atoms with E-state index in [1.165, 1.54) is 0 Å². The van der Waals surface area contributed by atoms with Gasteiger partial charge in [0.15, 0.2) is 0 Å². The lowest BCUT2D eigenvalue weighted by molar-refractivity contribution is -0.134. The third-order valence-electron chi connectivity index (χ3n) is 3.92. The minimum absolute atomic E-state index is 0.0300. The summed E-state index contributed by atoms with van der Waals surface area (Å²) in [7, 11) is 0. The Morgan fingerprint density at radius 3 is 2.50 bits per heavy atom. The number of nitrogens with zero attached hydrogens (tertiary/aromatic N) is 1. The summed E-state index contributed by atoms with van der Waals surface area (Å²) in [5.74, 6) is 0.480. The average Bonchev–Trinajstić information content (AvgIpc) is 2.31. The molecule has 1 saturated carbocycles. The van der Waals surface area contributed by atoms with Crippen molar-refractivity contribution in [3.05, 3.63) is 0 Å². The van der Waals surface area contributed by atoms with Crippen molar-refractivity contribution in [2.24, 2.45) is 11.3 Å². The molecule has 1 aliphatic carbocycles. The highest BCUT2D eigenvalue weighted by molar-refractivity contribution is 5.86. The van der Waals surface area contributed by atoms with E-state index >= 15 is 0 Å². The van der Waals surface area contributed by atoms with E-state index in [0.717, 1.165) is 44.9 Å². The number of amides is 1. The molecule has 1 unspecified atom stereocenters. The highest BCUT2D eigenvalue weighted by atomic mass is 16.2. The maximum Gasteiger partial charge on any atom is 0.240 e. The van der Waals surface area contributed by atoms with E-state index in [1.54, 1.807) is 0 Å². The summed E-state index contributed by atoms with van der Waals surface area (Å²) in [6, 6.07) is 2.49. The van der Waals surface area contributed by atoms with Gasteiger partial charge in [0.1, 0.15) is 5.41 Å². The predicted molar refractivity (Wildman–Crippen MR) is 72.8 cm³/mol. The van der Waals surface area contributed by atoms with Crippen LogP contribution >= 0.6 is 0 Å². The standard InChI is InChI=1S/C15H26N2O/c1-4-6-8-13(7-5-2)17-14(18)15(11-16)9-12(3)10-15/h12-13H,4-10H2,1-3H3,(H,17,18). The van der Waals surface area contributed by atoms with E-state index in [4.69, 9.17) is 0 Å². The van der Waals surface area contributed by atoms with Crippen molar-refractivity contribution in [3.63, 3.8) is 0 Å². The van der Waals surface area contributed by atoms with Crippen LogP contribution in [0.2, 0.25) is 0 Å². The third kappa shape index (κ3) is 3.48. The van der Waals surface area contributed by atoms with Crippen LogP contribution in [0.4, 0.5) is 0 Å². The fraction of sp³-hybridized carbons (Fsp3) is 0.867. The number of hydrogen-bond acceptors (Lipinski definition) is 2. The van der Waals surface area contributed by atoms with Crippen molar-refractivity contribution in [1.82, 2.24) is 5.32 Å². The molecule has 3 nitrogen and oxygen atoms in total. The molecule has 1 N–H and O–H groups in total. The number of carbonyl (C=O) groups excluding carboxylic acids is 1. The molecule has 102 valence electrons. The van der Waals surface area contributed by atoms with Crippen molar-refractivity contribution >= 4 is 5.91 Å². The van der Waals surface area contributed by atoms with E-state index in [1.807, 2.05) is 0 Å². The minimum Gasteiger partial charge on any atom is -0.352 e. The smallest absolute Gasteiger partial charge is 0.240 e. The molecule has 0 radical (unpaired) electrons. The molecular formula is C15H26N2O. The topological polar surface area (TPSA) is 52.9 Å². The van der Waals surface area contributed by atoms with Gasteiger partial charge in [-0.25, -0.2) is 0 Å². The molecule has 1 fully saturated rings. The number of hydrogen-bond donors (Lipinski definition) is 1. The Morgan fingerprint density at radius 1 is 1.39 bits per heavy atom. The van der Waals surface area contributed by atoms with Gasteiger partial charge in [-0.15, -0.1) is 0 Å². The first-order valence-electron chi connectivity index (χ1n) is 7.30. The van der Waals surface area contributed by atoms with Gasteiger partial charge in [-0.05, 0) is 31.6 Å². The molecule has 0 aliphatic heterocycles. The summed E-state index contributed by atoms with van der Waals surface area (Å²) in [6.45, 7) is 6.40. The maximum absolute atomic E-state index is 12.2. The molecule has 0 spiro atoms. The zero-order chi connectivity index (χ0) is 13.6. The Balaban J connectivity index is 2.52. The minimum atomic E-state index is -0.725. The van der Waals surface area contributed by atoms with Gasteiger partial charge in [-0.2, -0.15) is 5.26 Å². The monoisotopic (exact) mass is 250 g/mol. The van der Waals surface area contributed by atoms with Gasteiger partial charge >= 0.3 is 0 Å². The van der Waals surface area contributed by atoms with E-state index in [0.29, 0.717) is 5.92 Å². The molecule has 1 amide bonds. The molecular weight excluding hydrogens is 224 g/mol. The summed E-state index contributed by atoms with van der Waals surface area (Å²) < 4.78 is 0. The van der Waals surface area contributed by atoms with Crippen LogP contribution in [0.25, 0.3) is 0 Å². The van der Waals surface area contributed by atoms with Gasteiger partial charge in [-0.1, -0.05) is 40.0 Å². The van der Waals surface area contributed by atoms with Crippen molar-refractivity contribution < 1.29 is 4.79 Å². The maximum atomic E-state index is 12.2. The van der Waals surface area contributed by atoms with Crippen LogP contribution in [0.3, 0.4) is 0 Å². The van der Waals surface area contributed by atoms with Crippen LogP contribution < -0.4 is 5.32 Å². The highest BCUT2D eigenvalue weighted by Gasteiger charge is 2.49. The number of nitriles is 1. The Hall–Kier alpha value is -1.04. The van der Waals surface area contributed by atoms with Crippen LogP contribution in [0.15, 0.2) is 0 Å². The fourth-order valence-electron chi connectivity index (χ4n) is 2.87. The first-order chi connectivity index (χ1) is 8.57. The predicted octanol–water partition coefficient (Wildman–Crippen LogP) is 3.40. The average molecular weight is 250 g/mol. The lowest BCUT2D eigenvalue weighted by atomic mass is 9.63. The Kier molecular flexibility index (Phi) is 5.65. The van der Waals surface area contributed by atoms with Gasteiger partial charge in [-0.3, -0.25) is 4.79 Å². The van der Waals surface area contributed by atoms with Crippen LogP contribution in [0.5, 0.6) is 0 Å². The number of unbranched alkanes of at least 4 members (excludes halogenated alkanes) is 1. The van der Waals surface area contributed by atoms with Gasteiger partial charge in [0.05, 0.1) is 6.07 Å². The first kappa shape index (κ1) is 15.0. The lowest BCUT2D eigenvalue weighted by Crippen LogP contribution is -2.51. The van der Waals surface area contributed by atoms with Crippen LogP contribution in [0, 0.1) is 22.7 Å². The quantitative estimate of drug-likeness (QED) is 0.753. The normalized spacial score (nSPS) is 28.0. The molecule has 1 atom stereocenters. The first-order valence-corrected chi connectivity index (χ1v) is 7.30. The Labute approximate surface area is 111 Å². The van der Waals surface area contributed by atoms with E-state index < -0.39 is 5.41 Å².